The van der Waals surface area contributed by atoms with E-state index in [1.807, 2.05) is 4.90 Å². The lowest BCUT2D eigenvalue weighted by Gasteiger charge is -2.34. The number of carbonyl (C=O) groups is 2. The molecule has 3 aromatic rings. The maximum Gasteiger partial charge on any atom is 0.306 e. The zero-order valence-corrected chi connectivity index (χ0v) is 24.8. The van der Waals surface area contributed by atoms with E-state index < -0.39 is 5.97 Å². The van der Waals surface area contributed by atoms with Crippen molar-refractivity contribution >= 4 is 28.9 Å². The molecule has 0 saturated carbocycles. The highest BCUT2D eigenvalue weighted by Crippen LogP contribution is 2.37. The molecule has 9 heteroatoms. The van der Waals surface area contributed by atoms with E-state index in [9.17, 15) is 14.7 Å². The average Bonchev–Trinajstić information content (AvgIpc) is 3.53. The molecule has 0 spiro atoms. The molecule has 8 nitrogen and oxygen atoms in total. The van der Waals surface area contributed by atoms with Gasteiger partial charge in [-0.3, -0.25) is 14.5 Å². The van der Waals surface area contributed by atoms with Crippen LogP contribution in [-0.4, -0.2) is 61.9 Å². The normalized spacial score (nSPS) is 19.8. The van der Waals surface area contributed by atoms with Crippen LogP contribution in [0.25, 0.3) is 11.3 Å². The Balaban J connectivity index is 0.00000387. The zero-order chi connectivity index (χ0) is 28.4. The molecule has 1 aromatic carbocycles. The molecular weight excluding hydrogens is 534 g/mol. The molecule has 41 heavy (non-hydrogen) atoms. The number of carboxylic acids is 1. The van der Waals surface area contributed by atoms with Crippen LogP contribution in [0.1, 0.15) is 84.9 Å². The van der Waals surface area contributed by atoms with Crippen molar-refractivity contribution in [1.29, 1.82) is 0 Å². The van der Waals surface area contributed by atoms with Gasteiger partial charge in [0, 0.05) is 35.6 Å². The van der Waals surface area contributed by atoms with Gasteiger partial charge in [-0.2, -0.15) is 0 Å². The summed E-state index contributed by atoms with van der Waals surface area (Å²) in [6.07, 6.45) is 8.05. The number of aliphatic carboxylic acids is 1. The summed E-state index contributed by atoms with van der Waals surface area (Å²) < 4.78 is 0. The molecule has 1 atom stereocenters. The van der Waals surface area contributed by atoms with Crippen LogP contribution >= 0.6 is 11.3 Å². The molecule has 220 valence electrons. The Labute approximate surface area is 247 Å². The molecule has 1 unspecified atom stereocenters. The van der Waals surface area contributed by atoms with Crippen molar-refractivity contribution < 1.29 is 14.7 Å². The van der Waals surface area contributed by atoms with Gasteiger partial charge < -0.3 is 10.0 Å². The molecule has 1 N–H and O–H groups in total. The lowest BCUT2D eigenvalue weighted by molar-refractivity contribution is -0.142. The van der Waals surface area contributed by atoms with Crippen molar-refractivity contribution in [3.8, 4) is 11.3 Å². The molecule has 2 aliphatic rings. The number of anilines is 1. The number of aromatic nitrogens is 3. The minimum Gasteiger partial charge on any atom is -0.481 e. The molecule has 0 bridgehead atoms. The van der Waals surface area contributed by atoms with Crippen LogP contribution in [0.3, 0.4) is 0 Å². The van der Waals surface area contributed by atoms with E-state index in [2.05, 4.69) is 60.8 Å². The number of carboxylic acid groups (broad SMARTS) is 1. The number of hydrogen-bond acceptors (Lipinski definition) is 8. The van der Waals surface area contributed by atoms with Crippen molar-refractivity contribution in [2.24, 2.45) is 5.92 Å². The van der Waals surface area contributed by atoms with Gasteiger partial charge in [-0.15, -0.1) is 11.3 Å². The van der Waals surface area contributed by atoms with Crippen LogP contribution in [0.2, 0.25) is 0 Å². The largest absolute Gasteiger partial charge is 0.481 e. The highest BCUT2D eigenvalue weighted by molar-refractivity contribution is 7.12. The topological polar surface area (TPSA) is 99.5 Å². The van der Waals surface area contributed by atoms with Gasteiger partial charge in [0.2, 0.25) is 0 Å². The van der Waals surface area contributed by atoms with Crippen LogP contribution in [-0.2, 0) is 17.8 Å². The molecule has 2 saturated heterocycles. The van der Waals surface area contributed by atoms with Crippen LogP contribution < -0.4 is 4.90 Å². The first-order valence-corrected chi connectivity index (χ1v) is 15.1. The Morgan fingerprint density at radius 1 is 1.10 bits per heavy atom. The predicted octanol–water partition coefficient (Wildman–Crippen LogP) is 6.34. The van der Waals surface area contributed by atoms with E-state index in [-0.39, 0.29) is 31.1 Å². The van der Waals surface area contributed by atoms with Gasteiger partial charge in [-0.1, -0.05) is 26.5 Å². The maximum atomic E-state index is 13.2. The molecule has 2 fully saturated rings. The highest BCUT2D eigenvalue weighted by Gasteiger charge is 2.35. The molecule has 2 aliphatic heterocycles. The van der Waals surface area contributed by atoms with E-state index in [1.165, 1.54) is 35.0 Å². The van der Waals surface area contributed by atoms with E-state index in [0.717, 1.165) is 35.8 Å². The smallest absolute Gasteiger partial charge is 0.306 e. The summed E-state index contributed by atoms with van der Waals surface area (Å²) in [5.41, 5.74) is 5.08. The molecule has 5 rings (SSSR count). The Hall–Kier alpha value is -3.17. The Morgan fingerprint density at radius 3 is 2.49 bits per heavy atom. The number of ketones is 1. The molecule has 0 aliphatic carbocycles. The third-order valence-corrected chi connectivity index (χ3v) is 9.97. The number of aryl methyl sites for hydroxylation is 2. The van der Waals surface area contributed by atoms with E-state index in [4.69, 9.17) is 4.98 Å². The average molecular weight is 578 g/mol. The first-order valence-electron chi connectivity index (χ1n) is 14.3. The van der Waals surface area contributed by atoms with Gasteiger partial charge >= 0.3 is 5.97 Å². The first-order chi connectivity index (χ1) is 19.2. The maximum absolute atomic E-state index is 13.2. The second-order valence-electron chi connectivity index (χ2n) is 11.5. The second kappa shape index (κ2) is 12.8. The minimum absolute atomic E-state index is 0. The summed E-state index contributed by atoms with van der Waals surface area (Å²) in [4.78, 5) is 44.2. The van der Waals surface area contributed by atoms with Crippen molar-refractivity contribution in [1.82, 2.24) is 19.9 Å². The molecular formula is C32H43N5O3S. The Morgan fingerprint density at radius 2 is 1.85 bits per heavy atom. The predicted molar refractivity (Wildman–Crippen MR) is 165 cm³/mol. The molecule has 0 amide bonds. The standard InChI is InChI=1S/C31H39N5O3S.CH4/c1-5-31(4)11-6-12-36(31)19-26-29(23-8-7-20(2)21(3)15-23)34-28(40-26)16-25(37)24-17-33-27(18-32-24)35-13-9-22(10-14-35)30(38)39;/h7-8,15,17-18,22H,5-6,9-14,16,19H2,1-4H3,(H,38,39);1H4. The number of rotatable bonds is 9. The second-order valence-corrected chi connectivity index (χ2v) is 12.7. The van der Waals surface area contributed by atoms with Crippen molar-refractivity contribution in [3.63, 3.8) is 0 Å². The molecule has 2 aromatic heterocycles. The van der Waals surface area contributed by atoms with Gasteiger partial charge in [0.05, 0.1) is 30.4 Å². The number of likely N-dealkylation sites (tertiary alicyclic amines) is 1. The Bertz CT molecular complexity index is 1380. The van der Waals surface area contributed by atoms with E-state index in [1.54, 1.807) is 17.5 Å². The highest BCUT2D eigenvalue weighted by atomic mass is 32.1. The third-order valence-electron chi connectivity index (χ3n) is 8.93. The number of nitrogens with zero attached hydrogens (tertiary/aromatic N) is 5. The fourth-order valence-corrected chi connectivity index (χ4v) is 6.94. The summed E-state index contributed by atoms with van der Waals surface area (Å²) in [6.45, 7) is 12.0. The lowest BCUT2D eigenvalue weighted by Crippen LogP contribution is -2.39. The third kappa shape index (κ3) is 6.67. The van der Waals surface area contributed by atoms with Gasteiger partial charge in [-0.25, -0.2) is 15.0 Å². The van der Waals surface area contributed by atoms with Crippen molar-refractivity contribution in [2.45, 2.75) is 85.7 Å². The summed E-state index contributed by atoms with van der Waals surface area (Å²) in [5, 5.41) is 10.0. The number of hydrogen-bond donors (Lipinski definition) is 1. The van der Waals surface area contributed by atoms with Gasteiger partial charge in [0.25, 0.3) is 0 Å². The van der Waals surface area contributed by atoms with Crippen LogP contribution in [0.4, 0.5) is 5.82 Å². The number of carbonyl (C=O) groups excluding carboxylic acids is 1. The van der Waals surface area contributed by atoms with Gasteiger partial charge in [0.1, 0.15) is 16.5 Å². The quantitative estimate of drug-likeness (QED) is 0.294. The number of Topliss-reactive ketones (excluding diaryl/α,β-unsaturated/α-hetero) is 1. The van der Waals surface area contributed by atoms with Crippen LogP contribution in [0.5, 0.6) is 0 Å². The van der Waals surface area contributed by atoms with Gasteiger partial charge in [-0.05, 0) is 76.6 Å². The zero-order valence-electron chi connectivity index (χ0n) is 23.9. The summed E-state index contributed by atoms with van der Waals surface area (Å²) in [7, 11) is 0. The van der Waals surface area contributed by atoms with Crippen molar-refractivity contribution in [2.75, 3.05) is 24.5 Å². The summed E-state index contributed by atoms with van der Waals surface area (Å²) >= 11 is 1.64. The molecule has 4 heterocycles. The summed E-state index contributed by atoms with van der Waals surface area (Å²) in [5.74, 6) is -0.464. The minimum atomic E-state index is -0.738. The number of thiazole rings is 1. The van der Waals surface area contributed by atoms with Crippen LogP contribution in [0, 0.1) is 19.8 Å². The fraction of sp³-hybridized carbons (Fsp3) is 0.531. The lowest BCUT2D eigenvalue weighted by atomic mass is 9.95. The first kappa shape index (κ1) is 30.8. The molecule has 0 radical (unpaired) electrons. The SMILES string of the molecule is C.CCC1(C)CCCN1Cc1sc(CC(=O)c2cnc(N3CCC(C(=O)O)CC3)cn2)nc1-c1ccc(C)c(C)c1. The van der Waals surface area contributed by atoms with Gasteiger partial charge in [0.15, 0.2) is 5.78 Å². The Kier molecular flexibility index (Phi) is 9.59. The monoisotopic (exact) mass is 577 g/mol. The van der Waals surface area contributed by atoms with Crippen LogP contribution in [0.15, 0.2) is 30.6 Å². The fourth-order valence-electron chi connectivity index (χ4n) is 5.83. The number of piperidine rings is 1. The van der Waals surface area contributed by atoms with Crippen molar-refractivity contribution in [3.05, 3.63) is 57.3 Å². The van der Waals surface area contributed by atoms with E-state index >= 15 is 0 Å². The number of benzene rings is 1. The van der Waals surface area contributed by atoms with E-state index in [0.29, 0.717) is 37.4 Å². The summed E-state index contributed by atoms with van der Waals surface area (Å²) in [6, 6.07) is 6.48.